The molecule has 0 radical (unpaired) electrons. The van der Waals surface area contributed by atoms with Gasteiger partial charge in [-0.1, -0.05) is 18.6 Å². The van der Waals surface area contributed by atoms with Gasteiger partial charge in [0.2, 0.25) is 5.91 Å². The van der Waals surface area contributed by atoms with Gasteiger partial charge in [-0.25, -0.2) is 0 Å². The molecule has 1 saturated carbocycles. The van der Waals surface area contributed by atoms with Gasteiger partial charge in [0.25, 0.3) is 0 Å². The van der Waals surface area contributed by atoms with Crippen LogP contribution in [-0.4, -0.2) is 32.7 Å². The average molecular weight is 274 g/mol. The standard InChI is InChI=1S/C16H22N2O2/c1-20-14-5-3-13(4-6-14)16(7-2-8-16)15(19)18-11-12-9-17-10-12/h3-6,12,17H,2,7-11H2,1H3,(H,18,19). The molecule has 0 atom stereocenters. The number of hydrogen-bond donors (Lipinski definition) is 2. The van der Waals surface area contributed by atoms with Crippen LogP contribution >= 0.6 is 0 Å². The number of carbonyl (C=O) groups excluding carboxylic acids is 1. The van der Waals surface area contributed by atoms with E-state index in [2.05, 4.69) is 10.6 Å². The van der Waals surface area contributed by atoms with Gasteiger partial charge in [-0.3, -0.25) is 4.79 Å². The molecule has 4 nitrogen and oxygen atoms in total. The third-order valence-corrected chi connectivity index (χ3v) is 4.70. The van der Waals surface area contributed by atoms with Crippen molar-refractivity contribution in [3.63, 3.8) is 0 Å². The molecule has 2 aliphatic rings. The van der Waals surface area contributed by atoms with Crippen molar-refractivity contribution in [1.82, 2.24) is 10.6 Å². The van der Waals surface area contributed by atoms with E-state index in [9.17, 15) is 4.79 Å². The summed E-state index contributed by atoms with van der Waals surface area (Å²) in [5.74, 6) is 1.64. The van der Waals surface area contributed by atoms with Gasteiger partial charge in [0.1, 0.15) is 5.75 Å². The Morgan fingerprint density at radius 1 is 1.35 bits per heavy atom. The van der Waals surface area contributed by atoms with Crippen molar-refractivity contribution in [3.05, 3.63) is 29.8 Å². The fraction of sp³-hybridized carbons (Fsp3) is 0.562. The molecule has 0 aromatic heterocycles. The molecule has 1 aliphatic carbocycles. The summed E-state index contributed by atoms with van der Waals surface area (Å²) in [6.07, 6.45) is 3.03. The first-order valence-corrected chi connectivity index (χ1v) is 7.38. The molecule has 2 fully saturated rings. The van der Waals surface area contributed by atoms with E-state index in [1.54, 1.807) is 7.11 Å². The van der Waals surface area contributed by atoms with E-state index in [0.29, 0.717) is 5.92 Å². The Kier molecular flexibility index (Phi) is 3.66. The first-order chi connectivity index (χ1) is 9.74. The Morgan fingerprint density at radius 3 is 2.50 bits per heavy atom. The highest BCUT2D eigenvalue weighted by Crippen LogP contribution is 2.44. The second-order valence-electron chi connectivity index (χ2n) is 5.90. The zero-order valence-corrected chi connectivity index (χ0v) is 11.9. The monoisotopic (exact) mass is 274 g/mol. The van der Waals surface area contributed by atoms with Crippen molar-refractivity contribution in [2.75, 3.05) is 26.7 Å². The van der Waals surface area contributed by atoms with E-state index >= 15 is 0 Å². The van der Waals surface area contributed by atoms with E-state index in [1.165, 1.54) is 0 Å². The van der Waals surface area contributed by atoms with Crippen molar-refractivity contribution in [1.29, 1.82) is 0 Å². The molecule has 1 heterocycles. The summed E-state index contributed by atoms with van der Waals surface area (Å²) in [6, 6.07) is 7.95. The molecule has 1 aromatic rings. The predicted molar refractivity (Wildman–Crippen MR) is 77.9 cm³/mol. The van der Waals surface area contributed by atoms with E-state index in [-0.39, 0.29) is 11.3 Å². The van der Waals surface area contributed by atoms with Gasteiger partial charge in [-0.05, 0) is 30.5 Å². The van der Waals surface area contributed by atoms with Crippen LogP contribution in [0.4, 0.5) is 0 Å². The molecule has 0 unspecified atom stereocenters. The highest BCUT2D eigenvalue weighted by Gasteiger charge is 2.45. The smallest absolute Gasteiger partial charge is 0.230 e. The number of amides is 1. The zero-order valence-electron chi connectivity index (χ0n) is 11.9. The fourth-order valence-electron chi connectivity index (χ4n) is 2.99. The minimum atomic E-state index is -0.302. The lowest BCUT2D eigenvalue weighted by molar-refractivity contribution is -0.130. The van der Waals surface area contributed by atoms with Crippen LogP contribution < -0.4 is 15.4 Å². The molecule has 108 valence electrons. The van der Waals surface area contributed by atoms with Gasteiger partial charge in [0.05, 0.1) is 12.5 Å². The number of methoxy groups -OCH3 is 1. The molecule has 2 N–H and O–H groups in total. The van der Waals surface area contributed by atoms with E-state index in [0.717, 1.165) is 50.2 Å². The van der Waals surface area contributed by atoms with Crippen LogP contribution in [0, 0.1) is 5.92 Å². The predicted octanol–water partition coefficient (Wildman–Crippen LogP) is 1.45. The highest BCUT2D eigenvalue weighted by atomic mass is 16.5. The quantitative estimate of drug-likeness (QED) is 0.854. The first-order valence-electron chi connectivity index (χ1n) is 7.38. The van der Waals surface area contributed by atoms with Gasteiger partial charge in [-0.2, -0.15) is 0 Å². The van der Waals surface area contributed by atoms with Crippen molar-refractivity contribution < 1.29 is 9.53 Å². The maximum absolute atomic E-state index is 12.6. The summed E-state index contributed by atoms with van der Waals surface area (Å²) < 4.78 is 5.19. The van der Waals surface area contributed by atoms with Gasteiger partial charge in [0, 0.05) is 25.6 Å². The number of benzene rings is 1. The third-order valence-electron chi connectivity index (χ3n) is 4.70. The van der Waals surface area contributed by atoms with Crippen LogP contribution in [0.1, 0.15) is 24.8 Å². The number of nitrogens with one attached hydrogen (secondary N) is 2. The largest absolute Gasteiger partial charge is 0.497 e. The molecule has 20 heavy (non-hydrogen) atoms. The van der Waals surface area contributed by atoms with Crippen molar-refractivity contribution in [2.45, 2.75) is 24.7 Å². The average Bonchev–Trinajstić information content (AvgIpc) is 2.36. The zero-order chi connectivity index (χ0) is 14.0. The summed E-state index contributed by atoms with van der Waals surface area (Å²) >= 11 is 0. The molecule has 1 aliphatic heterocycles. The van der Waals surface area contributed by atoms with Crippen LogP contribution in [0.5, 0.6) is 5.75 Å². The second kappa shape index (κ2) is 5.44. The minimum Gasteiger partial charge on any atom is -0.497 e. The highest BCUT2D eigenvalue weighted by molar-refractivity contribution is 5.89. The van der Waals surface area contributed by atoms with E-state index < -0.39 is 0 Å². The number of rotatable bonds is 5. The van der Waals surface area contributed by atoms with Crippen molar-refractivity contribution in [2.24, 2.45) is 5.92 Å². The Balaban J connectivity index is 1.70. The Hall–Kier alpha value is -1.55. The Morgan fingerprint density at radius 2 is 2.05 bits per heavy atom. The number of carbonyl (C=O) groups is 1. The van der Waals surface area contributed by atoms with Crippen LogP contribution in [0.3, 0.4) is 0 Å². The lowest BCUT2D eigenvalue weighted by Gasteiger charge is -2.41. The molecule has 1 amide bonds. The molecule has 0 spiro atoms. The van der Waals surface area contributed by atoms with Crippen molar-refractivity contribution >= 4 is 5.91 Å². The van der Waals surface area contributed by atoms with Gasteiger partial charge in [-0.15, -0.1) is 0 Å². The minimum absolute atomic E-state index is 0.195. The number of hydrogen-bond acceptors (Lipinski definition) is 3. The topological polar surface area (TPSA) is 50.4 Å². The van der Waals surface area contributed by atoms with Crippen LogP contribution in [0.2, 0.25) is 0 Å². The summed E-state index contributed by atoms with van der Waals surface area (Å²) in [6.45, 7) is 2.84. The van der Waals surface area contributed by atoms with Gasteiger partial charge in [0.15, 0.2) is 0 Å². The van der Waals surface area contributed by atoms with Crippen LogP contribution in [0.25, 0.3) is 0 Å². The molecule has 0 bridgehead atoms. The SMILES string of the molecule is COc1ccc(C2(C(=O)NCC3CNC3)CCC2)cc1. The summed E-state index contributed by atoms with van der Waals surface area (Å²) in [7, 11) is 1.66. The second-order valence-corrected chi connectivity index (χ2v) is 5.90. The van der Waals surface area contributed by atoms with Crippen LogP contribution in [0.15, 0.2) is 24.3 Å². The first kappa shape index (κ1) is 13.4. The fourth-order valence-corrected chi connectivity index (χ4v) is 2.99. The molecule has 1 aromatic carbocycles. The summed E-state index contributed by atoms with van der Waals surface area (Å²) in [5.41, 5.74) is 0.817. The van der Waals surface area contributed by atoms with E-state index in [1.807, 2.05) is 24.3 Å². The summed E-state index contributed by atoms with van der Waals surface area (Å²) in [4.78, 5) is 12.6. The Bertz CT molecular complexity index is 476. The summed E-state index contributed by atoms with van der Waals surface area (Å²) in [5, 5.41) is 6.38. The number of ether oxygens (including phenoxy) is 1. The molecule has 1 saturated heterocycles. The van der Waals surface area contributed by atoms with Gasteiger partial charge < -0.3 is 15.4 Å². The van der Waals surface area contributed by atoms with E-state index in [4.69, 9.17) is 4.74 Å². The molecule has 3 rings (SSSR count). The maximum Gasteiger partial charge on any atom is 0.230 e. The maximum atomic E-state index is 12.6. The van der Waals surface area contributed by atoms with Crippen LogP contribution in [-0.2, 0) is 10.2 Å². The van der Waals surface area contributed by atoms with Gasteiger partial charge >= 0.3 is 0 Å². The molecule has 4 heteroatoms. The molecular weight excluding hydrogens is 252 g/mol. The Labute approximate surface area is 119 Å². The lowest BCUT2D eigenvalue weighted by Crippen LogP contribution is -2.53. The lowest BCUT2D eigenvalue weighted by atomic mass is 9.63. The molecular formula is C16H22N2O2. The van der Waals surface area contributed by atoms with Crippen molar-refractivity contribution in [3.8, 4) is 5.75 Å². The third kappa shape index (κ3) is 2.29. The normalized spacial score (nSPS) is 20.6.